The number of nitrogens with zero attached hydrogens (tertiary/aromatic N) is 1. The molecular weight excluding hydrogens is 407 g/mol. The molecule has 4 rings (SSSR count). The van der Waals surface area contributed by atoms with E-state index in [9.17, 15) is 9.18 Å². The number of aromatic amines is 1. The number of methoxy groups -OCH3 is 1. The van der Waals surface area contributed by atoms with Crippen LogP contribution in [0.25, 0.3) is 11.0 Å². The van der Waals surface area contributed by atoms with Crippen molar-refractivity contribution in [2.45, 2.75) is 90.2 Å². The van der Waals surface area contributed by atoms with Gasteiger partial charge in [0.1, 0.15) is 5.82 Å². The molecule has 0 aliphatic heterocycles. The summed E-state index contributed by atoms with van der Waals surface area (Å²) in [6.07, 6.45) is 11.9. The Morgan fingerprint density at radius 2 is 1.84 bits per heavy atom. The smallest absolute Gasteiger partial charge is 0.326 e. The Kier molecular flexibility index (Phi) is 7.40. The zero-order chi connectivity index (χ0) is 22.7. The van der Waals surface area contributed by atoms with Crippen LogP contribution >= 0.6 is 0 Å². The molecule has 0 amide bonds. The van der Waals surface area contributed by atoms with E-state index in [0.29, 0.717) is 41.7 Å². The van der Waals surface area contributed by atoms with Gasteiger partial charge in [0.05, 0.1) is 30.4 Å². The Hall–Kier alpha value is -1.66. The summed E-state index contributed by atoms with van der Waals surface area (Å²) in [5, 5.41) is 0. The highest BCUT2D eigenvalue weighted by Gasteiger charge is 2.38. The van der Waals surface area contributed by atoms with Gasteiger partial charge in [-0.15, -0.1) is 0 Å². The quantitative estimate of drug-likeness (QED) is 0.562. The summed E-state index contributed by atoms with van der Waals surface area (Å²) in [4.78, 5) is 15.7. The second kappa shape index (κ2) is 10.1. The van der Waals surface area contributed by atoms with Gasteiger partial charge in [0.25, 0.3) is 0 Å². The number of benzene rings is 1. The molecule has 2 unspecified atom stereocenters. The number of halogens is 1. The highest BCUT2D eigenvalue weighted by Crippen LogP contribution is 2.48. The second-order valence-corrected chi connectivity index (χ2v) is 10.3. The van der Waals surface area contributed by atoms with Gasteiger partial charge >= 0.3 is 5.69 Å². The van der Waals surface area contributed by atoms with Crippen LogP contribution in [0.4, 0.5) is 4.39 Å². The maximum absolute atomic E-state index is 14.0. The summed E-state index contributed by atoms with van der Waals surface area (Å²) < 4.78 is 27.0. The SMILES string of the molecule is COCCOC1CCC(C)(C2CCCCC(n3c(=O)[nH]c4cc(F)c(C)cc43)CC2)CC1. The standard InChI is InChI=1S/C26H39FN2O3/c1-18-16-24-23(17-22(18)27)28-25(30)29(24)20-7-5-4-6-19(8-9-20)26(2)12-10-21(11-13-26)32-15-14-31-3/h16-17,19-21H,4-15H2,1-3H3,(H,28,30). The number of aromatic nitrogens is 2. The Morgan fingerprint density at radius 1 is 1.09 bits per heavy atom. The van der Waals surface area contributed by atoms with Crippen molar-refractivity contribution in [1.29, 1.82) is 0 Å². The molecule has 5 nitrogen and oxygen atoms in total. The third-order valence-corrected chi connectivity index (χ3v) is 8.25. The van der Waals surface area contributed by atoms with Crippen molar-refractivity contribution in [3.05, 3.63) is 34.0 Å². The largest absolute Gasteiger partial charge is 0.382 e. The van der Waals surface area contributed by atoms with Gasteiger partial charge in [-0.1, -0.05) is 19.8 Å². The summed E-state index contributed by atoms with van der Waals surface area (Å²) in [5.74, 6) is 0.420. The minimum absolute atomic E-state index is 0.105. The highest BCUT2D eigenvalue weighted by molar-refractivity contribution is 5.76. The van der Waals surface area contributed by atoms with E-state index >= 15 is 0 Å². The molecule has 0 saturated heterocycles. The van der Waals surface area contributed by atoms with Crippen LogP contribution < -0.4 is 5.69 Å². The predicted molar refractivity (Wildman–Crippen MR) is 126 cm³/mol. The summed E-state index contributed by atoms with van der Waals surface area (Å²) in [6.45, 7) is 5.59. The van der Waals surface area contributed by atoms with Crippen molar-refractivity contribution in [3.63, 3.8) is 0 Å². The highest BCUT2D eigenvalue weighted by atomic mass is 19.1. The first-order valence-electron chi connectivity index (χ1n) is 12.4. The summed E-state index contributed by atoms with van der Waals surface area (Å²) in [7, 11) is 1.72. The van der Waals surface area contributed by atoms with Gasteiger partial charge in [-0.25, -0.2) is 9.18 Å². The number of ether oxygens (including phenoxy) is 2. The molecule has 178 valence electrons. The molecule has 2 fully saturated rings. The minimum Gasteiger partial charge on any atom is -0.382 e. The minimum atomic E-state index is -0.265. The third-order valence-electron chi connectivity index (χ3n) is 8.25. The lowest BCUT2D eigenvalue weighted by Gasteiger charge is -2.44. The maximum Gasteiger partial charge on any atom is 0.326 e. The average molecular weight is 447 g/mol. The van der Waals surface area contributed by atoms with Gasteiger partial charge in [0.15, 0.2) is 0 Å². The van der Waals surface area contributed by atoms with E-state index in [1.54, 1.807) is 14.0 Å². The zero-order valence-electron chi connectivity index (χ0n) is 19.9. The molecule has 2 aliphatic carbocycles. The van der Waals surface area contributed by atoms with Crippen molar-refractivity contribution in [1.82, 2.24) is 9.55 Å². The lowest BCUT2D eigenvalue weighted by molar-refractivity contribution is -0.0351. The first kappa shape index (κ1) is 23.5. The fourth-order valence-corrected chi connectivity index (χ4v) is 6.14. The van der Waals surface area contributed by atoms with Gasteiger partial charge in [-0.2, -0.15) is 0 Å². The number of hydrogen-bond acceptors (Lipinski definition) is 3. The van der Waals surface area contributed by atoms with E-state index in [1.165, 1.54) is 31.7 Å². The van der Waals surface area contributed by atoms with Crippen LogP contribution in [0, 0.1) is 24.1 Å². The number of hydrogen-bond donors (Lipinski definition) is 1. The van der Waals surface area contributed by atoms with Crippen molar-refractivity contribution >= 4 is 11.0 Å². The average Bonchev–Trinajstić information content (AvgIpc) is 3.05. The first-order chi connectivity index (χ1) is 15.4. The molecule has 1 aromatic heterocycles. The number of aryl methyl sites for hydroxylation is 1. The van der Waals surface area contributed by atoms with E-state index in [0.717, 1.165) is 44.0 Å². The van der Waals surface area contributed by atoms with E-state index in [-0.39, 0.29) is 17.5 Å². The Morgan fingerprint density at radius 3 is 2.59 bits per heavy atom. The molecule has 0 bridgehead atoms. The third kappa shape index (κ3) is 4.96. The molecule has 1 aromatic carbocycles. The summed E-state index contributed by atoms with van der Waals surface area (Å²) in [6, 6.07) is 3.47. The molecule has 1 heterocycles. The van der Waals surface area contributed by atoms with E-state index < -0.39 is 0 Å². The summed E-state index contributed by atoms with van der Waals surface area (Å²) in [5.41, 5.74) is 2.29. The van der Waals surface area contributed by atoms with Crippen molar-refractivity contribution in [3.8, 4) is 0 Å². The van der Waals surface area contributed by atoms with Crippen LogP contribution in [0.3, 0.4) is 0 Å². The molecule has 2 aromatic rings. The van der Waals surface area contributed by atoms with Crippen molar-refractivity contribution in [2.75, 3.05) is 20.3 Å². The van der Waals surface area contributed by atoms with Crippen molar-refractivity contribution < 1.29 is 13.9 Å². The number of H-pyrrole nitrogens is 1. The molecule has 0 radical (unpaired) electrons. The second-order valence-electron chi connectivity index (χ2n) is 10.3. The Balaban J connectivity index is 1.45. The van der Waals surface area contributed by atoms with Gasteiger partial charge in [-0.3, -0.25) is 4.57 Å². The van der Waals surface area contributed by atoms with Gasteiger partial charge in [-0.05, 0) is 87.3 Å². The number of rotatable bonds is 6. The normalized spacial score (nSPS) is 29.7. The van der Waals surface area contributed by atoms with E-state index in [2.05, 4.69) is 11.9 Å². The number of imidazole rings is 1. The fourth-order valence-electron chi connectivity index (χ4n) is 6.14. The van der Waals surface area contributed by atoms with Gasteiger partial charge in [0, 0.05) is 13.2 Å². The first-order valence-corrected chi connectivity index (χ1v) is 12.4. The molecule has 1 N–H and O–H groups in total. The lowest BCUT2D eigenvalue weighted by Crippen LogP contribution is -2.36. The molecule has 2 saturated carbocycles. The maximum atomic E-state index is 14.0. The van der Waals surface area contributed by atoms with Crippen LogP contribution in [0.1, 0.15) is 82.7 Å². The predicted octanol–water partition coefficient (Wildman–Crippen LogP) is 5.90. The Bertz CT molecular complexity index is 958. The van der Waals surface area contributed by atoms with Crippen molar-refractivity contribution in [2.24, 2.45) is 11.3 Å². The number of fused-ring (bicyclic) bond motifs is 1. The molecular formula is C26H39FN2O3. The number of nitrogens with one attached hydrogen (secondary N) is 1. The van der Waals surface area contributed by atoms with Crippen LogP contribution in [-0.2, 0) is 9.47 Å². The van der Waals surface area contributed by atoms with Crippen LogP contribution in [0.5, 0.6) is 0 Å². The lowest BCUT2D eigenvalue weighted by atomic mass is 9.63. The van der Waals surface area contributed by atoms with E-state index in [4.69, 9.17) is 9.47 Å². The van der Waals surface area contributed by atoms with Crippen LogP contribution in [0.2, 0.25) is 0 Å². The fraction of sp³-hybridized carbons (Fsp3) is 0.731. The molecule has 32 heavy (non-hydrogen) atoms. The van der Waals surface area contributed by atoms with Crippen LogP contribution in [0.15, 0.2) is 16.9 Å². The monoisotopic (exact) mass is 446 g/mol. The zero-order valence-corrected chi connectivity index (χ0v) is 19.9. The Labute approximate surface area is 190 Å². The topological polar surface area (TPSA) is 56.2 Å². The van der Waals surface area contributed by atoms with Crippen LogP contribution in [-0.4, -0.2) is 36.0 Å². The molecule has 2 atom stereocenters. The molecule has 0 spiro atoms. The van der Waals surface area contributed by atoms with Gasteiger partial charge in [0.2, 0.25) is 0 Å². The molecule has 2 aliphatic rings. The summed E-state index contributed by atoms with van der Waals surface area (Å²) >= 11 is 0. The molecule has 6 heteroatoms. The van der Waals surface area contributed by atoms with E-state index in [1.807, 2.05) is 10.6 Å². The van der Waals surface area contributed by atoms with Gasteiger partial charge < -0.3 is 14.5 Å².